The lowest BCUT2D eigenvalue weighted by atomic mass is 9.92. The van der Waals surface area contributed by atoms with Crippen LogP contribution in [0.4, 0.5) is 0 Å². The topological polar surface area (TPSA) is 67.7 Å². The SMILES string of the molecule is Cc1nc(C(=O)N(C)CC2CN(C(=O)C=C3CCC3)CCO2)c2n1CCCC2. The number of aromatic nitrogens is 2. The molecule has 7 heteroatoms. The molecule has 0 N–H and O–H groups in total. The molecular weight excluding hydrogens is 356 g/mol. The van der Waals surface area contributed by atoms with Crippen molar-refractivity contribution >= 4 is 11.8 Å². The molecular formula is C21H30N4O3. The van der Waals surface area contributed by atoms with Crippen LogP contribution in [0.1, 0.15) is 54.1 Å². The summed E-state index contributed by atoms with van der Waals surface area (Å²) in [6.07, 6.45) is 8.07. The molecule has 1 aliphatic carbocycles. The highest BCUT2D eigenvalue weighted by Crippen LogP contribution is 2.25. The van der Waals surface area contributed by atoms with Crippen LogP contribution in [0.25, 0.3) is 0 Å². The van der Waals surface area contributed by atoms with Crippen molar-refractivity contribution in [3.8, 4) is 0 Å². The normalized spacial score (nSPS) is 21.7. The molecule has 2 fully saturated rings. The van der Waals surface area contributed by atoms with Gasteiger partial charge in [0.25, 0.3) is 5.91 Å². The van der Waals surface area contributed by atoms with E-state index in [9.17, 15) is 9.59 Å². The maximum atomic E-state index is 13.0. The Labute approximate surface area is 166 Å². The number of imidazole rings is 1. The first kappa shape index (κ1) is 19.2. The van der Waals surface area contributed by atoms with E-state index in [1.807, 2.05) is 11.8 Å². The third kappa shape index (κ3) is 3.85. The summed E-state index contributed by atoms with van der Waals surface area (Å²) in [5, 5.41) is 0. The summed E-state index contributed by atoms with van der Waals surface area (Å²) in [5.74, 6) is 0.944. The van der Waals surface area contributed by atoms with E-state index in [4.69, 9.17) is 4.74 Å². The number of amides is 2. The molecule has 1 unspecified atom stereocenters. The first-order chi connectivity index (χ1) is 13.5. The number of hydrogen-bond acceptors (Lipinski definition) is 4. The largest absolute Gasteiger partial charge is 0.373 e. The Morgan fingerprint density at radius 1 is 1.21 bits per heavy atom. The van der Waals surface area contributed by atoms with Crippen LogP contribution in [0, 0.1) is 6.92 Å². The number of morpholine rings is 1. The predicted octanol–water partition coefficient (Wildman–Crippen LogP) is 1.94. The van der Waals surface area contributed by atoms with Crippen molar-refractivity contribution < 1.29 is 14.3 Å². The molecule has 1 aromatic rings. The van der Waals surface area contributed by atoms with Crippen molar-refractivity contribution in [1.82, 2.24) is 19.4 Å². The van der Waals surface area contributed by atoms with E-state index in [1.54, 1.807) is 18.0 Å². The molecule has 1 saturated heterocycles. The molecule has 3 aliphatic rings. The fourth-order valence-corrected chi connectivity index (χ4v) is 4.28. The predicted molar refractivity (Wildman–Crippen MR) is 105 cm³/mol. The quantitative estimate of drug-likeness (QED) is 0.742. The summed E-state index contributed by atoms with van der Waals surface area (Å²) >= 11 is 0. The van der Waals surface area contributed by atoms with Crippen LogP contribution in [0.3, 0.4) is 0 Å². The van der Waals surface area contributed by atoms with Crippen LogP contribution in [0.2, 0.25) is 0 Å². The van der Waals surface area contributed by atoms with Crippen LogP contribution in [-0.2, 0) is 22.5 Å². The molecule has 0 radical (unpaired) electrons. The fourth-order valence-electron chi connectivity index (χ4n) is 4.28. The zero-order valence-corrected chi connectivity index (χ0v) is 16.9. The second-order valence-corrected chi connectivity index (χ2v) is 8.18. The molecule has 2 amide bonds. The van der Waals surface area contributed by atoms with Gasteiger partial charge in [0.2, 0.25) is 5.91 Å². The van der Waals surface area contributed by atoms with E-state index >= 15 is 0 Å². The Bertz CT molecular complexity index is 792. The zero-order chi connectivity index (χ0) is 19.7. The van der Waals surface area contributed by atoms with Gasteiger partial charge in [-0.05, 0) is 45.4 Å². The lowest BCUT2D eigenvalue weighted by Crippen LogP contribution is -2.49. The summed E-state index contributed by atoms with van der Waals surface area (Å²) < 4.78 is 8.02. The zero-order valence-electron chi connectivity index (χ0n) is 16.9. The van der Waals surface area contributed by atoms with Crippen LogP contribution >= 0.6 is 0 Å². The second kappa shape index (κ2) is 8.07. The molecule has 0 spiro atoms. The van der Waals surface area contributed by atoms with E-state index in [-0.39, 0.29) is 17.9 Å². The number of rotatable bonds is 4. The molecule has 4 rings (SSSR count). The highest BCUT2D eigenvalue weighted by atomic mass is 16.5. The summed E-state index contributed by atoms with van der Waals surface area (Å²) in [7, 11) is 1.80. The second-order valence-electron chi connectivity index (χ2n) is 8.18. The van der Waals surface area contributed by atoms with Crippen LogP contribution in [0.15, 0.2) is 11.6 Å². The Morgan fingerprint density at radius 2 is 2.04 bits per heavy atom. The highest BCUT2D eigenvalue weighted by molar-refractivity contribution is 5.93. The Morgan fingerprint density at radius 3 is 2.79 bits per heavy atom. The smallest absolute Gasteiger partial charge is 0.274 e. The minimum Gasteiger partial charge on any atom is -0.373 e. The first-order valence-electron chi connectivity index (χ1n) is 10.4. The molecule has 152 valence electrons. The molecule has 1 aromatic heterocycles. The van der Waals surface area contributed by atoms with Crippen molar-refractivity contribution in [2.75, 3.05) is 33.3 Å². The molecule has 28 heavy (non-hydrogen) atoms. The molecule has 3 heterocycles. The lowest BCUT2D eigenvalue weighted by molar-refractivity contribution is -0.134. The van der Waals surface area contributed by atoms with E-state index < -0.39 is 0 Å². The number of carbonyl (C=O) groups is 2. The number of hydrogen-bond donors (Lipinski definition) is 0. The highest BCUT2D eigenvalue weighted by Gasteiger charge is 2.29. The average molecular weight is 386 g/mol. The molecule has 1 saturated carbocycles. The van der Waals surface area contributed by atoms with Crippen molar-refractivity contribution in [1.29, 1.82) is 0 Å². The van der Waals surface area contributed by atoms with Crippen molar-refractivity contribution in [2.24, 2.45) is 0 Å². The van der Waals surface area contributed by atoms with E-state index in [1.165, 1.54) is 12.0 Å². The van der Waals surface area contributed by atoms with E-state index in [0.717, 1.165) is 50.2 Å². The van der Waals surface area contributed by atoms with Gasteiger partial charge in [0.1, 0.15) is 11.5 Å². The maximum Gasteiger partial charge on any atom is 0.274 e. The molecule has 7 nitrogen and oxygen atoms in total. The monoisotopic (exact) mass is 386 g/mol. The standard InChI is InChI=1S/C21H30N4O3/c1-15-22-20(18-8-3-4-9-25(15)18)21(27)23(2)13-17-14-24(10-11-28-17)19(26)12-16-6-5-7-16/h12,17H,3-11,13-14H2,1-2H3. The minimum absolute atomic E-state index is 0.0533. The summed E-state index contributed by atoms with van der Waals surface area (Å²) in [5.41, 5.74) is 2.90. The molecule has 2 aliphatic heterocycles. The van der Waals surface area contributed by atoms with Gasteiger partial charge < -0.3 is 19.1 Å². The molecule has 0 aromatic carbocycles. The van der Waals surface area contributed by atoms with Gasteiger partial charge in [-0.3, -0.25) is 9.59 Å². The van der Waals surface area contributed by atoms with Gasteiger partial charge in [-0.1, -0.05) is 5.57 Å². The Kier molecular flexibility index (Phi) is 5.53. The molecule has 0 bridgehead atoms. The third-order valence-corrected chi connectivity index (χ3v) is 6.11. The van der Waals surface area contributed by atoms with Crippen LogP contribution in [-0.4, -0.2) is 70.6 Å². The number of nitrogens with zero attached hydrogens (tertiary/aromatic N) is 4. The lowest BCUT2D eigenvalue weighted by Gasteiger charge is -2.34. The number of carbonyl (C=O) groups excluding carboxylic acids is 2. The number of fused-ring (bicyclic) bond motifs is 1. The first-order valence-corrected chi connectivity index (χ1v) is 10.4. The van der Waals surface area contributed by atoms with Gasteiger partial charge in [0.15, 0.2) is 0 Å². The van der Waals surface area contributed by atoms with Gasteiger partial charge >= 0.3 is 0 Å². The maximum absolute atomic E-state index is 13.0. The van der Waals surface area contributed by atoms with E-state index in [2.05, 4.69) is 9.55 Å². The van der Waals surface area contributed by atoms with Gasteiger partial charge in [0.05, 0.1) is 18.4 Å². The van der Waals surface area contributed by atoms with E-state index in [0.29, 0.717) is 31.9 Å². The van der Waals surface area contributed by atoms with Crippen molar-refractivity contribution in [3.63, 3.8) is 0 Å². The number of aryl methyl sites for hydroxylation is 1. The Balaban J connectivity index is 1.38. The summed E-state index contributed by atoms with van der Waals surface area (Å²) in [4.78, 5) is 33.6. The summed E-state index contributed by atoms with van der Waals surface area (Å²) in [6.45, 7) is 5.04. The van der Waals surface area contributed by atoms with Gasteiger partial charge in [-0.2, -0.15) is 0 Å². The third-order valence-electron chi connectivity index (χ3n) is 6.11. The average Bonchev–Trinajstić information content (AvgIpc) is 3.01. The summed E-state index contributed by atoms with van der Waals surface area (Å²) in [6, 6.07) is 0. The van der Waals surface area contributed by atoms with Gasteiger partial charge in [-0.25, -0.2) is 4.98 Å². The number of ether oxygens (including phenoxy) is 1. The van der Waals surface area contributed by atoms with Crippen LogP contribution in [0.5, 0.6) is 0 Å². The van der Waals surface area contributed by atoms with Gasteiger partial charge in [-0.15, -0.1) is 0 Å². The Hall–Kier alpha value is -2.15. The van der Waals surface area contributed by atoms with Crippen LogP contribution < -0.4 is 0 Å². The van der Waals surface area contributed by atoms with Crippen molar-refractivity contribution in [3.05, 3.63) is 28.9 Å². The minimum atomic E-state index is -0.161. The number of likely N-dealkylation sites (N-methyl/N-ethyl adjacent to an activating group) is 1. The number of allylic oxidation sites excluding steroid dienone is 1. The molecule has 1 atom stereocenters. The fraction of sp³-hybridized carbons (Fsp3) is 0.667. The van der Waals surface area contributed by atoms with Gasteiger partial charge in [0, 0.05) is 39.3 Å². The van der Waals surface area contributed by atoms with Crippen molar-refractivity contribution in [2.45, 2.75) is 58.1 Å².